The monoisotopic (exact) mass is 268 g/mol. The van der Waals surface area contributed by atoms with Crippen LogP contribution < -0.4 is 0 Å². The number of hydrogen-bond donors (Lipinski definition) is 1. The van der Waals surface area contributed by atoms with Gasteiger partial charge in [-0.1, -0.05) is 55.8 Å². The van der Waals surface area contributed by atoms with Gasteiger partial charge in [0.05, 0.1) is 5.60 Å². The Labute approximate surface area is 121 Å². The van der Waals surface area contributed by atoms with Gasteiger partial charge in [0.15, 0.2) is 0 Å². The summed E-state index contributed by atoms with van der Waals surface area (Å²) in [6, 6.07) is 14.9. The Bertz CT molecular complexity index is 574. The molecule has 20 heavy (non-hydrogen) atoms. The molecule has 1 nitrogen and oxygen atoms in total. The predicted octanol–water partition coefficient (Wildman–Crippen LogP) is 4.71. The van der Waals surface area contributed by atoms with E-state index in [9.17, 15) is 5.11 Å². The van der Waals surface area contributed by atoms with E-state index in [1.807, 2.05) is 0 Å². The van der Waals surface area contributed by atoms with Gasteiger partial charge < -0.3 is 5.11 Å². The molecule has 1 heteroatoms. The lowest BCUT2D eigenvalue weighted by atomic mass is 9.75. The van der Waals surface area contributed by atoms with E-state index < -0.39 is 5.60 Å². The first-order valence-electron chi connectivity index (χ1n) is 7.89. The molecule has 0 unspecified atom stereocenters. The van der Waals surface area contributed by atoms with Crippen molar-refractivity contribution in [3.05, 3.63) is 48.0 Å². The molecule has 1 aliphatic carbocycles. The Kier molecular flexibility index (Phi) is 3.80. The van der Waals surface area contributed by atoms with E-state index in [1.54, 1.807) is 0 Å². The van der Waals surface area contributed by atoms with Gasteiger partial charge in [-0.15, -0.1) is 0 Å². The minimum Gasteiger partial charge on any atom is -0.390 e. The molecule has 2 aromatic rings. The molecule has 1 saturated carbocycles. The summed E-state index contributed by atoms with van der Waals surface area (Å²) in [4.78, 5) is 0. The maximum absolute atomic E-state index is 10.9. The molecule has 0 heterocycles. The zero-order chi connectivity index (χ0) is 14.0. The molecule has 2 aromatic carbocycles. The summed E-state index contributed by atoms with van der Waals surface area (Å²) in [5.41, 5.74) is 0.802. The number of fused-ring (bicyclic) bond motifs is 1. The lowest BCUT2D eigenvalue weighted by Crippen LogP contribution is -2.36. The van der Waals surface area contributed by atoms with Crippen LogP contribution in [0.2, 0.25) is 0 Å². The normalized spacial score (nSPS) is 26.8. The molecular weight excluding hydrogens is 244 g/mol. The SMILES string of the molecule is CCC1CCC(O)(Cc2cccc3ccccc23)CC1. The molecule has 1 N–H and O–H groups in total. The van der Waals surface area contributed by atoms with Crippen molar-refractivity contribution in [2.45, 2.75) is 51.0 Å². The maximum atomic E-state index is 10.9. The fraction of sp³-hybridized carbons (Fsp3) is 0.474. The van der Waals surface area contributed by atoms with E-state index in [2.05, 4.69) is 49.4 Å². The highest BCUT2D eigenvalue weighted by Gasteiger charge is 2.32. The molecule has 0 atom stereocenters. The minimum absolute atomic E-state index is 0.490. The molecule has 0 radical (unpaired) electrons. The zero-order valence-electron chi connectivity index (χ0n) is 12.3. The van der Waals surface area contributed by atoms with Gasteiger partial charge in [-0.25, -0.2) is 0 Å². The molecule has 0 saturated heterocycles. The molecule has 1 fully saturated rings. The van der Waals surface area contributed by atoms with Crippen LogP contribution in [0, 0.1) is 5.92 Å². The maximum Gasteiger partial charge on any atom is 0.0688 e. The molecule has 1 aliphatic rings. The lowest BCUT2D eigenvalue weighted by Gasteiger charge is -2.36. The first kappa shape index (κ1) is 13.6. The van der Waals surface area contributed by atoms with Crippen molar-refractivity contribution >= 4 is 10.8 Å². The third-order valence-electron chi connectivity index (χ3n) is 5.01. The van der Waals surface area contributed by atoms with E-state index in [1.165, 1.54) is 35.6 Å². The van der Waals surface area contributed by atoms with Gasteiger partial charge in [0.2, 0.25) is 0 Å². The smallest absolute Gasteiger partial charge is 0.0688 e. The van der Waals surface area contributed by atoms with Crippen molar-refractivity contribution in [2.75, 3.05) is 0 Å². The van der Waals surface area contributed by atoms with Crippen LogP contribution in [-0.4, -0.2) is 10.7 Å². The van der Waals surface area contributed by atoms with Gasteiger partial charge in [0.1, 0.15) is 0 Å². The van der Waals surface area contributed by atoms with Crippen LogP contribution in [0.15, 0.2) is 42.5 Å². The number of rotatable bonds is 3. The highest BCUT2D eigenvalue weighted by Crippen LogP contribution is 2.36. The second kappa shape index (κ2) is 5.57. The Balaban J connectivity index is 1.83. The first-order valence-corrected chi connectivity index (χ1v) is 7.89. The quantitative estimate of drug-likeness (QED) is 0.854. The highest BCUT2D eigenvalue weighted by atomic mass is 16.3. The summed E-state index contributed by atoms with van der Waals surface area (Å²) >= 11 is 0. The molecule has 0 aromatic heterocycles. The fourth-order valence-electron chi connectivity index (χ4n) is 3.60. The van der Waals surface area contributed by atoms with Crippen molar-refractivity contribution in [1.82, 2.24) is 0 Å². The summed E-state index contributed by atoms with van der Waals surface area (Å²) in [7, 11) is 0. The zero-order valence-corrected chi connectivity index (χ0v) is 12.3. The summed E-state index contributed by atoms with van der Waals surface area (Å²) in [6.07, 6.45) is 6.31. The molecule has 106 valence electrons. The van der Waals surface area contributed by atoms with E-state index in [0.29, 0.717) is 0 Å². The van der Waals surface area contributed by atoms with Crippen molar-refractivity contribution in [2.24, 2.45) is 5.92 Å². The van der Waals surface area contributed by atoms with Gasteiger partial charge in [-0.2, -0.15) is 0 Å². The standard InChI is InChI=1S/C19H24O/c1-2-15-10-12-19(20,13-11-15)14-17-8-5-7-16-6-3-4-9-18(16)17/h3-9,15,20H,2,10-14H2,1H3. The summed E-state index contributed by atoms with van der Waals surface area (Å²) in [5, 5.41) is 13.5. The van der Waals surface area contributed by atoms with E-state index in [0.717, 1.165) is 25.2 Å². The van der Waals surface area contributed by atoms with Gasteiger partial charge >= 0.3 is 0 Å². The first-order chi connectivity index (χ1) is 9.70. The van der Waals surface area contributed by atoms with Crippen LogP contribution in [0.1, 0.15) is 44.6 Å². The third kappa shape index (κ3) is 2.73. The van der Waals surface area contributed by atoms with Crippen LogP contribution in [0.5, 0.6) is 0 Å². The average Bonchev–Trinajstić information content (AvgIpc) is 2.48. The highest BCUT2D eigenvalue weighted by molar-refractivity contribution is 5.85. The average molecular weight is 268 g/mol. The summed E-state index contributed by atoms with van der Waals surface area (Å²) < 4.78 is 0. The molecule has 0 amide bonds. The second-order valence-corrected chi connectivity index (χ2v) is 6.39. The Hall–Kier alpha value is -1.34. The van der Waals surface area contributed by atoms with Gasteiger partial charge in [-0.05, 0) is 47.9 Å². The largest absolute Gasteiger partial charge is 0.390 e. The summed E-state index contributed by atoms with van der Waals surface area (Å²) in [6.45, 7) is 2.26. The lowest BCUT2D eigenvalue weighted by molar-refractivity contribution is -0.00896. The van der Waals surface area contributed by atoms with Crippen LogP contribution in [0.3, 0.4) is 0 Å². The van der Waals surface area contributed by atoms with Crippen LogP contribution in [-0.2, 0) is 6.42 Å². The Morgan fingerprint density at radius 2 is 1.75 bits per heavy atom. The van der Waals surface area contributed by atoms with E-state index in [-0.39, 0.29) is 0 Å². The predicted molar refractivity (Wildman–Crippen MR) is 84.9 cm³/mol. The van der Waals surface area contributed by atoms with Crippen LogP contribution in [0.4, 0.5) is 0 Å². The third-order valence-corrected chi connectivity index (χ3v) is 5.01. The fourth-order valence-corrected chi connectivity index (χ4v) is 3.60. The van der Waals surface area contributed by atoms with Crippen LogP contribution >= 0.6 is 0 Å². The van der Waals surface area contributed by atoms with Crippen molar-refractivity contribution in [3.8, 4) is 0 Å². The van der Waals surface area contributed by atoms with Crippen LogP contribution in [0.25, 0.3) is 10.8 Å². The number of benzene rings is 2. The summed E-state index contributed by atoms with van der Waals surface area (Å²) in [5.74, 6) is 0.822. The van der Waals surface area contributed by atoms with Crippen molar-refractivity contribution in [3.63, 3.8) is 0 Å². The molecule has 0 aliphatic heterocycles. The molecule has 0 spiro atoms. The molecular formula is C19H24O. The topological polar surface area (TPSA) is 20.2 Å². The second-order valence-electron chi connectivity index (χ2n) is 6.39. The number of aliphatic hydroxyl groups is 1. The van der Waals surface area contributed by atoms with Gasteiger partial charge in [0, 0.05) is 6.42 Å². The van der Waals surface area contributed by atoms with Crippen molar-refractivity contribution < 1.29 is 5.11 Å². The Morgan fingerprint density at radius 1 is 1.05 bits per heavy atom. The van der Waals surface area contributed by atoms with Gasteiger partial charge in [0.25, 0.3) is 0 Å². The molecule has 3 rings (SSSR count). The van der Waals surface area contributed by atoms with E-state index in [4.69, 9.17) is 0 Å². The minimum atomic E-state index is -0.490. The van der Waals surface area contributed by atoms with Crippen molar-refractivity contribution in [1.29, 1.82) is 0 Å². The van der Waals surface area contributed by atoms with E-state index >= 15 is 0 Å². The molecule has 0 bridgehead atoms. The van der Waals surface area contributed by atoms with Gasteiger partial charge in [-0.3, -0.25) is 0 Å². The number of hydrogen-bond acceptors (Lipinski definition) is 1. The Morgan fingerprint density at radius 3 is 2.50 bits per heavy atom.